The third-order valence-corrected chi connectivity index (χ3v) is 6.65. The van der Waals surface area contributed by atoms with Gasteiger partial charge in [0.1, 0.15) is 12.4 Å². The number of carbonyl (C=O) groups is 2. The summed E-state index contributed by atoms with van der Waals surface area (Å²) in [5.74, 6) is -0.640. The lowest BCUT2D eigenvalue weighted by atomic mass is 9.96. The van der Waals surface area contributed by atoms with Gasteiger partial charge >= 0.3 is 11.9 Å². The molecule has 33 heavy (non-hydrogen) atoms. The molecule has 1 atom stereocenters. The smallest absolute Gasteiger partial charge is 0.338 e. The van der Waals surface area contributed by atoms with E-state index in [9.17, 15) is 14.4 Å². The van der Waals surface area contributed by atoms with Crippen molar-refractivity contribution in [3.05, 3.63) is 95.8 Å². The third-order valence-electron chi connectivity index (χ3n) is 4.85. The van der Waals surface area contributed by atoms with Crippen molar-refractivity contribution in [2.24, 2.45) is 4.99 Å². The molecular weight excluding hydrogens is 460 g/mol. The number of thiazole rings is 1. The fourth-order valence-corrected chi connectivity index (χ4v) is 5.27. The Balaban J connectivity index is 1.89. The van der Waals surface area contributed by atoms with E-state index in [0.29, 0.717) is 26.3 Å². The summed E-state index contributed by atoms with van der Waals surface area (Å²) in [5.41, 5.74) is 1.16. The topological polar surface area (TPSA) is 87.0 Å². The molecule has 168 valence electrons. The van der Waals surface area contributed by atoms with Crippen LogP contribution in [-0.4, -0.2) is 23.1 Å². The number of hydrogen-bond acceptors (Lipinski definition) is 8. The van der Waals surface area contributed by atoms with E-state index in [2.05, 4.69) is 11.6 Å². The number of fused-ring (bicyclic) bond motifs is 1. The van der Waals surface area contributed by atoms with Gasteiger partial charge in [0.25, 0.3) is 5.56 Å². The summed E-state index contributed by atoms with van der Waals surface area (Å²) in [6.45, 7) is 6.66. The number of esters is 2. The molecule has 4 rings (SSSR count). The lowest BCUT2D eigenvalue weighted by molar-refractivity contribution is -0.138. The van der Waals surface area contributed by atoms with Crippen LogP contribution in [0.1, 0.15) is 30.3 Å². The predicted molar refractivity (Wildman–Crippen MR) is 127 cm³/mol. The van der Waals surface area contributed by atoms with Gasteiger partial charge in [0.2, 0.25) is 0 Å². The van der Waals surface area contributed by atoms with E-state index in [1.54, 1.807) is 31.2 Å². The van der Waals surface area contributed by atoms with E-state index >= 15 is 0 Å². The number of aromatic nitrogens is 1. The summed E-state index contributed by atoms with van der Waals surface area (Å²) in [6.07, 6.45) is 3.30. The van der Waals surface area contributed by atoms with E-state index in [0.717, 1.165) is 4.88 Å². The van der Waals surface area contributed by atoms with E-state index in [1.807, 2.05) is 23.6 Å². The fourth-order valence-electron chi connectivity index (χ4n) is 3.50. The SMILES string of the molecule is C=CCOC(=O)C1=C(C)N=c2s/c(=C/c3cccs3)c(=O)n2[C@H]1c1ccc(OC(C)=O)cc1. The van der Waals surface area contributed by atoms with Gasteiger partial charge in [-0.1, -0.05) is 42.2 Å². The molecule has 0 N–H and O–H groups in total. The highest BCUT2D eigenvalue weighted by atomic mass is 32.1. The lowest BCUT2D eigenvalue weighted by Gasteiger charge is -2.24. The number of carbonyl (C=O) groups excluding carboxylic acids is 2. The molecule has 0 fully saturated rings. The third kappa shape index (κ3) is 4.64. The molecule has 3 heterocycles. The molecule has 1 aliphatic heterocycles. The predicted octanol–water partition coefficient (Wildman–Crippen LogP) is 2.95. The Labute approximate surface area is 197 Å². The summed E-state index contributed by atoms with van der Waals surface area (Å²) < 4.78 is 12.5. The Morgan fingerprint density at radius 3 is 2.64 bits per heavy atom. The fraction of sp³-hybridized carbons (Fsp3) is 0.167. The Kier molecular flexibility index (Phi) is 6.52. The molecule has 0 saturated carbocycles. The van der Waals surface area contributed by atoms with Gasteiger partial charge in [-0.2, -0.15) is 0 Å². The van der Waals surface area contributed by atoms with Gasteiger partial charge in [0.15, 0.2) is 4.80 Å². The minimum Gasteiger partial charge on any atom is -0.458 e. The van der Waals surface area contributed by atoms with Gasteiger partial charge in [-0.15, -0.1) is 11.3 Å². The van der Waals surface area contributed by atoms with Gasteiger partial charge in [-0.25, -0.2) is 9.79 Å². The van der Waals surface area contributed by atoms with Crippen LogP contribution in [-0.2, 0) is 14.3 Å². The minimum atomic E-state index is -0.740. The molecule has 3 aromatic rings. The van der Waals surface area contributed by atoms with Crippen molar-refractivity contribution < 1.29 is 19.1 Å². The average Bonchev–Trinajstić information content (AvgIpc) is 3.39. The van der Waals surface area contributed by atoms with E-state index in [1.165, 1.54) is 40.2 Å². The monoisotopic (exact) mass is 480 g/mol. The molecular formula is C24H20N2O5S2. The number of benzene rings is 1. The van der Waals surface area contributed by atoms with Crippen molar-refractivity contribution in [2.75, 3.05) is 6.61 Å². The molecule has 0 radical (unpaired) electrons. The van der Waals surface area contributed by atoms with Gasteiger partial charge < -0.3 is 9.47 Å². The Bertz CT molecular complexity index is 1430. The summed E-state index contributed by atoms with van der Waals surface area (Å²) in [7, 11) is 0. The van der Waals surface area contributed by atoms with Crippen LogP contribution in [0.2, 0.25) is 0 Å². The van der Waals surface area contributed by atoms with E-state index < -0.39 is 18.0 Å². The van der Waals surface area contributed by atoms with Crippen LogP contribution in [0, 0.1) is 0 Å². The van der Waals surface area contributed by atoms with Crippen molar-refractivity contribution in [3.8, 4) is 5.75 Å². The Morgan fingerprint density at radius 2 is 2.00 bits per heavy atom. The first kappa shape index (κ1) is 22.6. The highest BCUT2D eigenvalue weighted by Gasteiger charge is 2.33. The molecule has 1 aliphatic rings. The lowest BCUT2D eigenvalue weighted by Crippen LogP contribution is -2.39. The number of allylic oxidation sites excluding steroid dienone is 1. The molecule has 0 bridgehead atoms. The second-order valence-corrected chi connectivity index (χ2v) is 9.14. The van der Waals surface area contributed by atoms with Crippen molar-refractivity contribution in [1.29, 1.82) is 0 Å². The highest BCUT2D eigenvalue weighted by Crippen LogP contribution is 2.31. The zero-order valence-electron chi connectivity index (χ0n) is 17.9. The molecule has 0 amide bonds. The van der Waals surface area contributed by atoms with Crippen LogP contribution in [0.15, 0.2) is 75.5 Å². The van der Waals surface area contributed by atoms with Crippen LogP contribution >= 0.6 is 22.7 Å². The van der Waals surface area contributed by atoms with Crippen LogP contribution in [0.4, 0.5) is 0 Å². The first-order chi connectivity index (χ1) is 15.9. The zero-order valence-corrected chi connectivity index (χ0v) is 19.6. The second-order valence-electron chi connectivity index (χ2n) is 7.15. The number of rotatable bonds is 6. The first-order valence-corrected chi connectivity index (χ1v) is 11.7. The van der Waals surface area contributed by atoms with Crippen LogP contribution in [0.5, 0.6) is 5.75 Å². The average molecular weight is 481 g/mol. The molecule has 0 unspecified atom stereocenters. The van der Waals surface area contributed by atoms with Crippen molar-refractivity contribution in [1.82, 2.24) is 4.57 Å². The summed E-state index contributed by atoms with van der Waals surface area (Å²) in [4.78, 5) is 43.7. The van der Waals surface area contributed by atoms with Crippen molar-refractivity contribution in [2.45, 2.75) is 19.9 Å². The maximum absolute atomic E-state index is 13.5. The normalized spacial score (nSPS) is 15.6. The largest absolute Gasteiger partial charge is 0.458 e. The molecule has 7 nitrogen and oxygen atoms in total. The Morgan fingerprint density at radius 1 is 1.24 bits per heavy atom. The molecule has 2 aromatic heterocycles. The van der Waals surface area contributed by atoms with E-state index in [4.69, 9.17) is 9.47 Å². The second kappa shape index (κ2) is 9.51. The van der Waals surface area contributed by atoms with Crippen LogP contribution < -0.4 is 19.6 Å². The number of ether oxygens (including phenoxy) is 2. The minimum absolute atomic E-state index is 0.0382. The standard InChI is InChI=1S/C24H20N2O5S2/c1-4-11-30-23(29)20-14(2)25-24-26(22(28)19(33-24)13-18-6-5-12-32-18)21(20)16-7-9-17(10-8-16)31-15(3)27/h4-10,12-13,21H,1,11H2,2-3H3/b19-13+/t21-/m0/s1. The van der Waals surface area contributed by atoms with Crippen molar-refractivity contribution >= 4 is 40.7 Å². The summed E-state index contributed by atoms with van der Waals surface area (Å²) in [6, 6.07) is 9.80. The summed E-state index contributed by atoms with van der Waals surface area (Å²) >= 11 is 2.80. The van der Waals surface area contributed by atoms with Crippen molar-refractivity contribution in [3.63, 3.8) is 0 Å². The first-order valence-electron chi connectivity index (χ1n) is 10.0. The molecule has 0 saturated heterocycles. The van der Waals surface area contributed by atoms with E-state index in [-0.39, 0.29) is 17.7 Å². The molecule has 0 spiro atoms. The van der Waals surface area contributed by atoms with Gasteiger partial charge in [0.05, 0.1) is 21.8 Å². The maximum atomic E-state index is 13.5. The zero-order chi connectivity index (χ0) is 23.5. The van der Waals surface area contributed by atoms with Gasteiger partial charge in [-0.3, -0.25) is 14.2 Å². The number of nitrogens with zero attached hydrogens (tertiary/aromatic N) is 2. The molecule has 1 aromatic carbocycles. The Hall–Kier alpha value is -3.56. The van der Waals surface area contributed by atoms with Crippen LogP contribution in [0.25, 0.3) is 6.08 Å². The maximum Gasteiger partial charge on any atom is 0.338 e. The van der Waals surface area contributed by atoms with Crippen LogP contribution in [0.3, 0.4) is 0 Å². The quantitative estimate of drug-likeness (QED) is 0.308. The highest BCUT2D eigenvalue weighted by molar-refractivity contribution is 7.11. The van der Waals surface area contributed by atoms with Gasteiger partial charge in [-0.05, 0) is 42.1 Å². The van der Waals surface area contributed by atoms with Gasteiger partial charge in [0, 0.05) is 11.8 Å². The number of thiophene rings is 1. The molecule has 9 heteroatoms. The summed E-state index contributed by atoms with van der Waals surface area (Å²) in [5, 5.41) is 1.94. The number of hydrogen-bond donors (Lipinski definition) is 0. The molecule has 0 aliphatic carbocycles.